The average Bonchev–Trinajstić information content (AvgIpc) is 2.88. The van der Waals surface area contributed by atoms with Gasteiger partial charge in [0.05, 0.1) is 17.6 Å². The molecule has 8 heteroatoms. The van der Waals surface area contributed by atoms with E-state index >= 15 is 0 Å². The summed E-state index contributed by atoms with van der Waals surface area (Å²) in [5.74, 6) is 0.648. The lowest BCUT2D eigenvalue weighted by atomic mass is 10.1. The number of imidazole rings is 1. The maximum absolute atomic E-state index is 10.8. The minimum absolute atomic E-state index is 0.142. The van der Waals surface area contributed by atoms with Gasteiger partial charge in [-0.1, -0.05) is 31.8 Å². The van der Waals surface area contributed by atoms with Gasteiger partial charge in [0.1, 0.15) is 12.6 Å². The Balaban J connectivity index is 2.25. The molecule has 0 saturated carbocycles. The second-order valence-electron chi connectivity index (χ2n) is 7.29. The molecule has 138 valence electrons. The highest BCUT2D eigenvalue weighted by atomic mass is 28.3. The van der Waals surface area contributed by atoms with Crippen LogP contribution >= 0.6 is 0 Å². The third-order valence-electron chi connectivity index (χ3n) is 3.97. The maximum Gasteiger partial charge on any atom is 0.405 e. The van der Waals surface area contributed by atoms with Crippen molar-refractivity contribution in [2.45, 2.75) is 45.4 Å². The SMILES string of the molecule is C[Si](C)(C)CCOCn1c(CNC(=O)O)nc2c(CCN)cccc21. The molecule has 4 N–H and O–H groups in total. The molecule has 0 aliphatic heterocycles. The molecule has 0 bridgehead atoms. The summed E-state index contributed by atoms with van der Waals surface area (Å²) in [6.45, 7) is 8.68. The molecule has 2 rings (SSSR count). The summed E-state index contributed by atoms with van der Waals surface area (Å²) >= 11 is 0. The summed E-state index contributed by atoms with van der Waals surface area (Å²) in [7, 11) is -1.15. The number of nitrogens with one attached hydrogen (secondary N) is 1. The van der Waals surface area contributed by atoms with Gasteiger partial charge >= 0.3 is 6.09 Å². The van der Waals surface area contributed by atoms with Crippen molar-refractivity contribution in [1.82, 2.24) is 14.9 Å². The summed E-state index contributed by atoms with van der Waals surface area (Å²) in [4.78, 5) is 15.5. The first-order valence-corrected chi connectivity index (χ1v) is 12.2. The van der Waals surface area contributed by atoms with E-state index in [1.54, 1.807) is 0 Å². The fourth-order valence-electron chi connectivity index (χ4n) is 2.58. The van der Waals surface area contributed by atoms with Gasteiger partial charge in [-0.15, -0.1) is 0 Å². The predicted octanol–water partition coefficient (Wildman–Crippen LogP) is 2.62. The Bertz CT molecular complexity index is 724. The number of carbonyl (C=O) groups is 1. The van der Waals surface area contributed by atoms with Crippen LogP contribution < -0.4 is 11.1 Å². The Hall–Kier alpha value is -1.90. The van der Waals surface area contributed by atoms with Gasteiger partial charge in [-0.25, -0.2) is 9.78 Å². The monoisotopic (exact) mass is 364 g/mol. The van der Waals surface area contributed by atoms with Gasteiger partial charge in [-0.2, -0.15) is 0 Å². The minimum atomic E-state index is -1.15. The van der Waals surface area contributed by atoms with Crippen LogP contribution in [0, 0.1) is 0 Å². The first kappa shape index (κ1) is 19.4. The van der Waals surface area contributed by atoms with Crippen molar-refractivity contribution < 1.29 is 14.6 Å². The van der Waals surface area contributed by atoms with Crippen LogP contribution in [-0.2, 0) is 24.4 Å². The number of rotatable bonds is 9. The van der Waals surface area contributed by atoms with Gasteiger partial charge in [0.25, 0.3) is 0 Å². The number of nitrogens with zero attached hydrogens (tertiary/aromatic N) is 2. The molecular weight excluding hydrogens is 336 g/mol. The molecule has 0 aliphatic carbocycles. The summed E-state index contributed by atoms with van der Waals surface area (Å²) in [6.07, 6.45) is -0.336. The minimum Gasteiger partial charge on any atom is -0.465 e. The van der Waals surface area contributed by atoms with E-state index in [1.165, 1.54) is 0 Å². The van der Waals surface area contributed by atoms with Gasteiger partial charge in [0.15, 0.2) is 0 Å². The van der Waals surface area contributed by atoms with Crippen LogP contribution in [0.15, 0.2) is 18.2 Å². The molecule has 0 saturated heterocycles. The predicted molar refractivity (Wildman–Crippen MR) is 101 cm³/mol. The first-order chi connectivity index (χ1) is 11.8. The van der Waals surface area contributed by atoms with E-state index in [9.17, 15) is 4.79 Å². The molecule has 0 atom stereocenters. The molecule has 1 aromatic heterocycles. The normalized spacial score (nSPS) is 11.8. The molecule has 1 aromatic carbocycles. The van der Waals surface area contributed by atoms with Crippen molar-refractivity contribution in [2.75, 3.05) is 13.2 Å². The van der Waals surface area contributed by atoms with E-state index < -0.39 is 14.2 Å². The highest BCUT2D eigenvalue weighted by molar-refractivity contribution is 6.76. The van der Waals surface area contributed by atoms with Crippen molar-refractivity contribution in [2.24, 2.45) is 5.73 Å². The summed E-state index contributed by atoms with van der Waals surface area (Å²) in [5.41, 5.74) is 8.57. The average molecular weight is 365 g/mol. The smallest absolute Gasteiger partial charge is 0.405 e. The van der Waals surface area contributed by atoms with Gasteiger partial charge in [0, 0.05) is 14.7 Å². The molecule has 1 amide bonds. The lowest BCUT2D eigenvalue weighted by Gasteiger charge is -2.16. The van der Waals surface area contributed by atoms with E-state index in [4.69, 9.17) is 15.6 Å². The highest BCUT2D eigenvalue weighted by Crippen LogP contribution is 2.21. The molecule has 2 aromatic rings. The Labute approximate surface area is 149 Å². The van der Waals surface area contributed by atoms with Gasteiger partial charge in [-0.3, -0.25) is 0 Å². The number of aromatic nitrogens is 2. The van der Waals surface area contributed by atoms with Crippen molar-refractivity contribution in [3.05, 3.63) is 29.6 Å². The van der Waals surface area contributed by atoms with E-state index in [-0.39, 0.29) is 6.54 Å². The Morgan fingerprint density at radius 1 is 1.40 bits per heavy atom. The highest BCUT2D eigenvalue weighted by Gasteiger charge is 2.15. The molecule has 0 aliphatic rings. The van der Waals surface area contributed by atoms with Crippen LogP contribution in [0.3, 0.4) is 0 Å². The van der Waals surface area contributed by atoms with E-state index in [0.29, 0.717) is 25.7 Å². The molecule has 0 radical (unpaired) electrons. The maximum atomic E-state index is 10.8. The third-order valence-corrected chi connectivity index (χ3v) is 5.67. The van der Waals surface area contributed by atoms with Crippen molar-refractivity contribution in [3.8, 4) is 0 Å². The molecular formula is C17H28N4O3Si. The zero-order valence-electron chi connectivity index (χ0n) is 15.2. The number of hydrogen-bond donors (Lipinski definition) is 3. The molecule has 25 heavy (non-hydrogen) atoms. The van der Waals surface area contributed by atoms with Gasteiger partial charge < -0.3 is 25.5 Å². The second kappa shape index (κ2) is 8.46. The fraction of sp³-hybridized carbons (Fsp3) is 0.529. The van der Waals surface area contributed by atoms with Crippen LogP contribution in [0.2, 0.25) is 25.7 Å². The Morgan fingerprint density at radius 2 is 2.16 bits per heavy atom. The lowest BCUT2D eigenvalue weighted by molar-refractivity contribution is 0.0876. The van der Waals surface area contributed by atoms with Crippen molar-refractivity contribution in [1.29, 1.82) is 0 Å². The van der Waals surface area contributed by atoms with Gasteiger partial charge in [-0.05, 0) is 30.6 Å². The number of para-hydroxylation sites is 1. The zero-order valence-corrected chi connectivity index (χ0v) is 16.2. The van der Waals surface area contributed by atoms with E-state index in [1.807, 2.05) is 22.8 Å². The molecule has 7 nitrogen and oxygen atoms in total. The van der Waals surface area contributed by atoms with Crippen LogP contribution in [0.25, 0.3) is 11.0 Å². The molecule has 0 fully saturated rings. The number of benzene rings is 1. The zero-order chi connectivity index (χ0) is 18.4. The Morgan fingerprint density at radius 3 is 2.80 bits per heavy atom. The van der Waals surface area contributed by atoms with Crippen LogP contribution in [-0.4, -0.2) is 42.0 Å². The summed E-state index contributed by atoms with van der Waals surface area (Å²) in [6, 6.07) is 7.05. The van der Waals surface area contributed by atoms with Crippen LogP contribution in [0.5, 0.6) is 0 Å². The largest absolute Gasteiger partial charge is 0.465 e. The number of fused-ring (bicyclic) bond motifs is 1. The molecule has 0 spiro atoms. The molecule has 0 unspecified atom stereocenters. The number of nitrogens with two attached hydrogens (primary N) is 1. The fourth-order valence-corrected chi connectivity index (χ4v) is 3.33. The second-order valence-corrected chi connectivity index (χ2v) is 12.9. The number of ether oxygens (including phenoxy) is 1. The van der Waals surface area contributed by atoms with E-state index in [2.05, 4.69) is 29.9 Å². The number of carboxylic acid groups (broad SMARTS) is 1. The topological polar surface area (TPSA) is 102 Å². The molecule has 1 heterocycles. The Kier molecular flexibility index (Phi) is 6.57. The quantitative estimate of drug-likeness (QED) is 0.469. The summed E-state index contributed by atoms with van der Waals surface area (Å²) < 4.78 is 7.81. The number of amides is 1. The first-order valence-electron chi connectivity index (χ1n) is 8.53. The van der Waals surface area contributed by atoms with Crippen molar-refractivity contribution >= 4 is 25.2 Å². The van der Waals surface area contributed by atoms with E-state index in [0.717, 1.165) is 29.1 Å². The van der Waals surface area contributed by atoms with Crippen LogP contribution in [0.4, 0.5) is 4.79 Å². The van der Waals surface area contributed by atoms with Crippen molar-refractivity contribution in [3.63, 3.8) is 0 Å². The number of hydrogen-bond acceptors (Lipinski definition) is 4. The van der Waals surface area contributed by atoms with Gasteiger partial charge in [0.2, 0.25) is 0 Å². The van der Waals surface area contributed by atoms with Crippen LogP contribution in [0.1, 0.15) is 11.4 Å². The lowest BCUT2D eigenvalue weighted by Crippen LogP contribution is -2.24. The summed E-state index contributed by atoms with van der Waals surface area (Å²) in [5, 5.41) is 11.3. The third kappa shape index (κ3) is 5.55. The standard InChI is InChI=1S/C17H28N4O3Si/c1-25(2,3)10-9-24-12-21-14-6-4-5-13(7-8-18)16(14)20-15(21)11-19-17(22)23/h4-6,19H,7-12,18H2,1-3H3,(H,22,23).